The van der Waals surface area contributed by atoms with E-state index >= 15 is 0 Å². The second kappa shape index (κ2) is 8.75. The van der Waals surface area contributed by atoms with E-state index in [2.05, 4.69) is 20.2 Å². The number of carbonyl (C=O) groups excluding carboxylic acids is 2. The Morgan fingerprint density at radius 3 is 3.07 bits per heavy atom. The number of piperidine rings is 1. The molecule has 1 aromatic heterocycles. The van der Waals surface area contributed by atoms with E-state index in [4.69, 9.17) is 4.84 Å². The standard InChI is InChI=1S/C16H24N6O6S/c23-15(14-3-2-13-9-21(14)16(24)22(13)28-29(25)26)19-27-10-12-6-11(7-17-12)8-20-5-1-4-18-20/h1,4-5,11-14,17H,2-3,6-10H2,(H,19,23)(H,25,26)/p-1/t11-,12+,13?,14?/m1/s1. The molecule has 4 heterocycles. The molecule has 3 amide bonds. The first-order chi connectivity index (χ1) is 14.0. The SMILES string of the molecule is O=C(NOC[C@@H]1C[C@@H](Cn2cccn2)CN1)C1CCC2CN1C(=O)N2OS(=O)[O-]. The maximum absolute atomic E-state index is 12.5. The molecule has 2 N–H and O–H groups in total. The Balaban J connectivity index is 1.20. The fourth-order valence-electron chi connectivity index (χ4n) is 4.19. The van der Waals surface area contributed by atoms with Crippen LogP contribution in [0.3, 0.4) is 0 Å². The topological polar surface area (TPSA) is 141 Å². The first-order valence-corrected chi connectivity index (χ1v) is 10.5. The molecular weight excluding hydrogens is 404 g/mol. The minimum absolute atomic E-state index is 0.121. The summed E-state index contributed by atoms with van der Waals surface area (Å²) in [5.74, 6) is 0.0160. The van der Waals surface area contributed by atoms with Crippen molar-refractivity contribution in [3.05, 3.63) is 18.5 Å². The molecule has 3 unspecified atom stereocenters. The molecular formula is C16H23N6O6S-. The summed E-state index contributed by atoms with van der Waals surface area (Å²) in [6.07, 6.45) is 5.47. The Kier molecular flexibility index (Phi) is 6.10. The van der Waals surface area contributed by atoms with E-state index < -0.39 is 29.3 Å². The molecule has 12 nitrogen and oxygen atoms in total. The predicted molar refractivity (Wildman–Crippen MR) is 97.0 cm³/mol. The summed E-state index contributed by atoms with van der Waals surface area (Å²) in [6, 6.07) is 0.297. The van der Waals surface area contributed by atoms with Gasteiger partial charge in [0.25, 0.3) is 5.91 Å². The van der Waals surface area contributed by atoms with Gasteiger partial charge in [-0.25, -0.2) is 14.5 Å². The highest BCUT2D eigenvalue weighted by atomic mass is 32.2. The molecule has 0 aliphatic carbocycles. The lowest BCUT2D eigenvalue weighted by Gasteiger charge is -2.29. The number of fused-ring (bicyclic) bond motifs is 2. The number of carbonyl (C=O) groups is 2. The first-order valence-electron chi connectivity index (χ1n) is 9.51. The average Bonchev–Trinajstić information content (AvgIpc) is 3.41. The van der Waals surface area contributed by atoms with Crippen LogP contribution in [0.15, 0.2) is 18.5 Å². The van der Waals surface area contributed by atoms with Crippen molar-refractivity contribution in [3.63, 3.8) is 0 Å². The second-order valence-electron chi connectivity index (χ2n) is 7.50. The van der Waals surface area contributed by atoms with Crippen molar-refractivity contribution >= 4 is 23.3 Å². The lowest BCUT2D eigenvalue weighted by Crippen LogP contribution is -2.50. The van der Waals surface area contributed by atoms with Crippen LogP contribution in [0.2, 0.25) is 0 Å². The molecule has 160 valence electrons. The van der Waals surface area contributed by atoms with Crippen LogP contribution in [0.4, 0.5) is 4.79 Å². The minimum Gasteiger partial charge on any atom is -0.748 e. The molecule has 2 bridgehead atoms. The van der Waals surface area contributed by atoms with Crippen molar-refractivity contribution in [2.45, 2.75) is 43.9 Å². The number of hydrogen-bond donors (Lipinski definition) is 2. The number of urea groups is 1. The van der Waals surface area contributed by atoms with Crippen molar-refractivity contribution < 1.29 is 27.5 Å². The number of nitrogens with zero attached hydrogens (tertiary/aromatic N) is 4. The van der Waals surface area contributed by atoms with Gasteiger partial charge in [0, 0.05) is 38.1 Å². The molecule has 0 radical (unpaired) electrons. The summed E-state index contributed by atoms with van der Waals surface area (Å²) in [5.41, 5.74) is 2.43. The van der Waals surface area contributed by atoms with Crippen LogP contribution in [0.5, 0.6) is 0 Å². The van der Waals surface area contributed by atoms with Gasteiger partial charge >= 0.3 is 6.03 Å². The van der Waals surface area contributed by atoms with E-state index in [-0.39, 0.29) is 18.6 Å². The molecule has 3 fully saturated rings. The molecule has 0 aromatic carbocycles. The quantitative estimate of drug-likeness (QED) is 0.394. The number of nitrogens with one attached hydrogen (secondary N) is 2. The number of hydroxylamine groups is 3. The fraction of sp³-hybridized carbons (Fsp3) is 0.688. The van der Waals surface area contributed by atoms with Gasteiger partial charge in [0.05, 0.1) is 12.6 Å². The zero-order valence-electron chi connectivity index (χ0n) is 15.6. The highest BCUT2D eigenvalue weighted by Gasteiger charge is 2.48. The average molecular weight is 427 g/mol. The van der Waals surface area contributed by atoms with E-state index in [1.165, 1.54) is 4.90 Å². The van der Waals surface area contributed by atoms with E-state index in [1.807, 2.05) is 16.9 Å². The van der Waals surface area contributed by atoms with Crippen molar-refractivity contribution in [1.82, 2.24) is 30.5 Å². The molecule has 0 saturated carbocycles. The molecule has 5 atom stereocenters. The van der Waals surface area contributed by atoms with Crippen molar-refractivity contribution in [2.75, 3.05) is 19.7 Å². The largest absolute Gasteiger partial charge is 0.748 e. The van der Waals surface area contributed by atoms with Crippen LogP contribution in [-0.4, -0.2) is 78.3 Å². The van der Waals surface area contributed by atoms with Crippen LogP contribution in [0.25, 0.3) is 0 Å². The first kappa shape index (κ1) is 20.2. The van der Waals surface area contributed by atoms with Gasteiger partial charge in [-0.2, -0.15) is 14.4 Å². The zero-order valence-corrected chi connectivity index (χ0v) is 16.5. The van der Waals surface area contributed by atoms with E-state index in [1.54, 1.807) is 6.20 Å². The Labute approximate surface area is 169 Å². The molecule has 0 spiro atoms. The van der Waals surface area contributed by atoms with Gasteiger partial charge in [-0.3, -0.25) is 14.3 Å². The summed E-state index contributed by atoms with van der Waals surface area (Å²) in [5, 5.41) is 8.39. The highest BCUT2D eigenvalue weighted by Crippen LogP contribution is 2.30. The van der Waals surface area contributed by atoms with Crippen LogP contribution in [-0.2, 0) is 31.8 Å². The van der Waals surface area contributed by atoms with Gasteiger partial charge in [-0.05, 0) is 31.2 Å². The Morgan fingerprint density at radius 2 is 2.31 bits per heavy atom. The Bertz CT molecular complexity index is 763. The molecule has 4 rings (SSSR count). The smallest absolute Gasteiger partial charge is 0.346 e. The predicted octanol–water partition coefficient (Wildman–Crippen LogP) is -1.10. The third-order valence-corrected chi connectivity index (χ3v) is 5.82. The van der Waals surface area contributed by atoms with Crippen LogP contribution < -0.4 is 10.8 Å². The monoisotopic (exact) mass is 427 g/mol. The Hall–Kier alpha value is -2.06. The summed E-state index contributed by atoms with van der Waals surface area (Å²) < 4.78 is 27.9. The number of aromatic nitrogens is 2. The van der Waals surface area contributed by atoms with Gasteiger partial charge < -0.3 is 14.8 Å². The molecule has 29 heavy (non-hydrogen) atoms. The van der Waals surface area contributed by atoms with Crippen LogP contribution in [0, 0.1) is 5.92 Å². The maximum atomic E-state index is 12.5. The van der Waals surface area contributed by atoms with Gasteiger partial charge in [0.15, 0.2) is 0 Å². The molecule has 3 saturated heterocycles. The number of hydrogen-bond acceptors (Lipinski definition) is 8. The van der Waals surface area contributed by atoms with Crippen LogP contribution >= 0.6 is 0 Å². The summed E-state index contributed by atoms with van der Waals surface area (Å²) in [6.45, 7) is 2.24. The van der Waals surface area contributed by atoms with Gasteiger partial charge in [0.2, 0.25) is 0 Å². The molecule has 13 heteroatoms. The second-order valence-corrected chi connectivity index (χ2v) is 8.06. The lowest BCUT2D eigenvalue weighted by molar-refractivity contribution is -0.139. The molecule has 1 aromatic rings. The third kappa shape index (κ3) is 4.59. The highest BCUT2D eigenvalue weighted by molar-refractivity contribution is 7.74. The fourth-order valence-corrected chi connectivity index (χ4v) is 4.51. The number of rotatable bonds is 8. The lowest BCUT2D eigenvalue weighted by atomic mass is 10.0. The third-order valence-electron chi connectivity index (χ3n) is 5.54. The summed E-state index contributed by atoms with van der Waals surface area (Å²) >= 11 is -2.84. The maximum Gasteiger partial charge on any atom is 0.346 e. The van der Waals surface area contributed by atoms with Crippen molar-refractivity contribution in [1.29, 1.82) is 0 Å². The van der Waals surface area contributed by atoms with Crippen molar-refractivity contribution in [3.8, 4) is 0 Å². The van der Waals surface area contributed by atoms with E-state index in [0.29, 0.717) is 25.4 Å². The summed E-state index contributed by atoms with van der Waals surface area (Å²) in [7, 11) is 0. The van der Waals surface area contributed by atoms with Crippen LogP contribution in [0.1, 0.15) is 19.3 Å². The van der Waals surface area contributed by atoms with E-state index in [0.717, 1.165) is 24.6 Å². The number of amides is 3. The minimum atomic E-state index is -2.84. The molecule has 3 aliphatic rings. The summed E-state index contributed by atoms with van der Waals surface area (Å²) in [4.78, 5) is 31.5. The zero-order chi connectivity index (χ0) is 20.4. The Morgan fingerprint density at radius 1 is 1.45 bits per heavy atom. The van der Waals surface area contributed by atoms with E-state index in [9.17, 15) is 18.4 Å². The normalized spacial score (nSPS) is 30.0. The van der Waals surface area contributed by atoms with Gasteiger partial charge in [-0.15, -0.1) is 0 Å². The van der Waals surface area contributed by atoms with Gasteiger partial charge in [-0.1, -0.05) is 0 Å². The molecule has 3 aliphatic heterocycles. The van der Waals surface area contributed by atoms with Gasteiger partial charge in [0.1, 0.15) is 17.4 Å². The van der Waals surface area contributed by atoms with Crippen molar-refractivity contribution in [2.24, 2.45) is 5.92 Å².